The van der Waals surface area contributed by atoms with Gasteiger partial charge in [-0.3, -0.25) is 0 Å². The molecule has 0 aliphatic rings. The van der Waals surface area contributed by atoms with Crippen LogP contribution in [0.3, 0.4) is 0 Å². The second-order valence-electron chi connectivity index (χ2n) is 6.55. The second-order valence-corrected chi connectivity index (χ2v) is 11.1. The summed E-state index contributed by atoms with van der Waals surface area (Å²) in [6.07, 6.45) is 6.08. The van der Waals surface area contributed by atoms with Gasteiger partial charge in [0.2, 0.25) is 0 Å². The number of unbranched alkanes of at least 4 members (excludes halogenated alkanes) is 1. The van der Waals surface area contributed by atoms with E-state index in [9.17, 15) is 0 Å². The van der Waals surface area contributed by atoms with Crippen LogP contribution in [0.15, 0.2) is 0 Å². The van der Waals surface area contributed by atoms with Crippen LogP contribution in [0, 0.1) is 0 Å². The van der Waals surface area contributed by atoms with E-state index in [4.69, 9.17) is 30.7 Å². The Labute approximate surface area is 175 Å². The van der Waals surface area contributed by atoms with E-state index in [0.29, 0.717) is 39.6 Å². The van der Waals surface area contributed by atoms with Crippen molar-refractivity contribution >= 4 is 18.1 Å². The van der Waals surface area contributed by atoms with Crippen LogP contribution in [0.5, 0.6) is 0 Å². The lowest BCUT2D eigenvalue weighted by molar-refractivity contribution is -0.0683. The number of hydrogen-bond donors (Lipinski definition) is 0. The molecule has 0 amide bonds. The van der Waals surface area contributed by atoms with E-state index >= 15 is 0 Å². The van der Waals surface area contributed by atoms with E-state index < -0.39 is 18.1 Å². The summed E-state index contributed by atoms with van der Waals surface area (Å²) >= 11 is 0. The van der Waals surface area contributed by atoms with Gasteiger partial charge < -0.3 is 30.7 Å². The molecule has 0 unspecified atom stereocenters. The Bertz CT molecular complexity index is 318. The zero-order valence-electron chi connectivity index (χ0n) is 19.1. The third-order valence-electron chi connectivity index (χ3n) is 3.44. The molecule has 0 saturated heterocycles. The SMILES string of the molecule is CCCCO[Si](OCCC)(OCCC)O[Si](OCCC)(OCCC)OCCC. The molecule has 0 aromatic rings. The standard InChI is InChI=1S/C19H44O7Si2/c1-7-13-19-25-28(23-17-11-5,24-18-12-6)26-27(20-14-8-2,21-15-9-3)22-16-10-4/h7-19H2,1-6H3. The fourth-order valence-electron chi connectivity index (χ4n) is 2.06. The van der Waals surface area contributed by atoms with Crippen molar-refractivity contribution in [3.8, 4) is 0 Å². The molecule has 0 aromatic carbocycles. The van der Waals surface area contributed by atoms with E-state index in [2.05, 4.69) is 6.92 Å². The summed E-state index contributed by atoms with van der Waals surface area (Å²) in [6, 6.07) is 0. The molecule has 170 valence electrons. The topological polar surface area (TPSA) is 64.6 Å². The van der Waals surface area contributed by atoms with Crippen molar-refractivity contribution in [1.29, 1.82) is 0 Å². The molecule has 0 N–H and O–H groups in total. The molecule has 0 aliphatic heterocycles. The van der Waals surface area contributed by atoms with Gasteiger partial charge in [-0.1, -0.05) is 48.0 Å². The average Bonchev–Trinajstić information content (AvgIpc) is 2.71. The number of rotatable bonds is 21. The van der Waals surface area contributed by atoms with Crippen LogP contribution in [0.2, 0.25) is 0 Å². The van der Waals surface area contributed by atoms with Crippen LogP contribution in [0.4, 0.5) is 0 Å². The van der Waals surface area contributed by atoms with Gasteiger partial charge in [0, 0.05) is 39.6 Å². The Morgan fingerprint density at radius 1 is 0.393 bits per heavy atom. The van der Waals surface area contributed by atoms with Crippen LogP contribution < -0.4 is 0 Å². The molecule has 0 atom stereocenters. The summed E-state index contributed by atoms with van der Waals surface area (Å²) in [7, 11) is -6.94. The zero-order chi connectivity index (χ0) is 21.1. The minimum absolute atomic E-state index is 0.487. The zero-order valence-corrected chi connectivity index (χ0v) is 21.1. The van der Waals surface area contributed by atoms with E-state index in [-0.39, 0.29) is 0 Å². The van der Waals surface area contributed by atoms with Gasteiger partial charge in [0.1, 0.15) is 0 Å². The van der Waals surface area contributed by atoms with Crippen molar-refractivity contribution in [3.05, 3.63) is 0 Å². The summed E-state index contributed by atoms with van der Waals surface area (Å²) in [4.78, 5) is 0. The fraction of sp³-hybridized carbons (Fsp3) is 1.00. The van der Waals surface area contributed by atoms with Crippen molar-refractivity contribution in [2.24, 2.45) is 0 Å². The van der Waals surface area contributed by atoms with Gasteiger partial charge in [-0.15, -0.1) is 0 Å². The summed E-state index contributed by atoms with van der Waals surface area (Å²) in [5.74, 6) is 0. The Hall–Kier alpha value is 0.154. The van der Waals surface area contributed by atoms with Crippen molar-refractivity contribution in [2.75, 3.05) is 39.6 Å². The molecule has 0 aromatic heterocycles. The minimum atomic E-state index is -3.47. The van der Waals surface area contributed by atoms with Crippen molar-refractivity contribution in [2.45, 2.75) is 86.5 Å². The molecule has 0 spiro atoms. The van der Waals surface area contributed by atoms with Gasteiger partial charge in [-0.2, -0.15) is 0 Å². The van der Waals surface area contributed by atoms with Gasteiger partial charge in [0.25, 0.3) is 0 Å². The molecule has 28 heavy (non-hydrogen) atoms. The molecule has 7 nitrogen and oxygen atoms in total. The predicted octanol–water partition coefficient (Wildman–Crippen LogP) is 4.82. The maximum absolute atomic E-state index is 6.43. The lowest BCUT2D eigenvalue weighted by Crippen LogP contribution is -2.62. The molecule has 0 aliphatic carbocycles. The normalized spacial score (nSPS) is 12.6. The smallest absolute Gasteiger partial charge is 0.352 e. The third kappa shape index (κ3) is 12.0. The van der Waals surface area contributed by atoms with Crippen LogP contribution in [-0.4, -0.2) is 57.7 Å². The predicted molar refractivity (Wildman–Crippen MR) is 115 cm³/mol. The highest BCUT2D eigenvalue weighted by Gasteiger charge is 2.59. The van der Waals surface area contributed by atoms with E-state index in [1.807, 2.05) is 34.6 Å². The van der Waals surface area contributed by atoms with E-state index in [0.717, 1.165) is 44.9 Å². The molecule has 9 heteroatoms. The van der Waals surface area contributed by atoms with Crippen LogP contribution in [0.25, 0.3) is 0 Å². The first-order valence-electron chi connectivity index (χ1n) is 11.1. The first-order valence-corrected chi connectivity index (χ1v) is 14.4. The summed E-state index contributed by atoms with van der Waals surface area (Å²) in [5.41, 5.74) is 0. The maximum Gasteiger partial charge on any atom is 0.673 e. The third-order valence-corrected chi connectivity index (χ3v) is 8.79. The Kier molecular flexibility index (Phi) is 18.1. The van der Waals surface area contributed by atoms with E-state index in [1.54, 1.807) is 0 Å². The number of hydrogen-bond acceptors (Lipinski definition) is 7. The molecule has 0 radical (unpaired) electrons. The van der Waals surface area contributed by atoms with Crippen molar-refractivity contribution in [3.63, 3.8) is 0 Å². The lowest BCUT2D eigenvalue weighted by Gasteiger charge is -2.35. The summed E-state index contributed by atoms with van der Waals surface area (Å²) in [5, 5.41) is 0. The van der Waals surface area contributed by atoms with Crippen LogP contribution in [-0.2, 0) is 30.7 Å². The fourth-order valence-corrected chi connectivity index (χ4v) is 7.86. The van der Waals surface area contributed by atoms with Gasteiger partial charge in [-0.25, -0.2) is 0 Å². The highest BCUT2D eigenvalue weighted by Crippen LogP contribution is 2.24. The maximum atomic E-state index is 6.43. The molecule has 0 rings (SSSR count). The first kappa shape index (κ1) is 28.2. The highest BCUT2D eigenvalue weighted by molar-refractivity contribution is 6.68. The molecule has 0 bridgehead atoms. The summed E-state index contributed by atoms with van der Waals surface area (Å²) in [6.45, 7) is 15.3. The van der Waals surface area contributed by atoms with Gasteiger partial charge >= 0.3 is 18.1 Å². The van der Waals surface area contributed by atoms with Crippen LogP contribution >= 0.6 is 0 Å². The monoisotopic (exact) mass is 440 g/mol. The Balaban J connectivity index is 5.69. The van der Waals surface area contributed by atoms with E-state index in [1.165, 1.54) is 0 Å². The molecular weight excluding hydrogens is 396 g/mol. The quantitative estimate of drug-likeness (QED) is 0.187. The molecule has 0 saturated carbocycles. The van der Waals surface area contributed by atoms with Gasteiger partial charge in [-0.05, 0) is 38.5 Å². The first-order chi connectivity index (χ1) is 13.6. The largest absolute Gasteiger partial charge is 0.673 e. The minimum Gasteiger partial charge on any atom is -0.352 e. The molecule has 0 fully saturated rings. The van der Waals surface area contributed by atoms with Crippen molar-refractivity contribution in [1.82, 2.24) is 0 Å². The Morgan fingerprint density at radius 3 is 0.929 bits per heavy atom. The second kappa shape index (κ2) is 18.0. The van der Waals surface area contributed by atoms with Gasteiger partial charge in [0.05, 0.1) is 0 Å². The highest BCUT2D eigenvalue weighted by atomic mass is 28.5. The Morgan fingerprint density at radius 2 is 0.679 bits per heavy atom. The van der Waals surface area contributed by atoms with Crippen molar-refractivity contribution < 1.29 is 30.7 Å². The lowest BCUT2D eigenvalue weighted by atomic mass is 10.4. The molecular formula is C19H44O7Si2. The van der Waals surface area contributed by atoms with Crippen LogP contribution in [0.1, 0.15) is 86.5 Å². The summed E-state index contributed by atoms with van der Waals surface area (Å²) < 4.78 is 43.0. The molecule has 0 heterocycles. The van der Waals surface area contributed by atoms with Gasteiger partial charge in [0.15, 0.2) is 0 Å². The average molecular weight is 441 g/mol.